The smallest absolute Gasteiger partial charge is 0.254 e. The predicted octanol–water partition coefficient (Wildman–Crippen LogP) is -1.23. The number of hydrogen-bond acceptors (Lipinski definition) is 5. The zero-order chi connectivity index (χ0) is 13.0. The molecule has 0 aromatic carbocycles. The van der Waals surface area contributed by atoms with Gasteiger partial charge in [-0.25, -0.2) is 9.97 Å². The van der Waals surface area contributed by atoms with E-state index in [1.807, 2.05) is 0 Å². The summed E-state index contributed by atoms with van der Waals surface area (Å²) in [6.07, 6.45) is 5.03. The SMILES string of the molecule is NCC(=O)N1CCC(NC(=O)c2cncnc2)C1. The first-order valence-electron chi connectivity index (χ1n) is 5.74. The van der Waals surface area contributed by atoms with Gasteiger partial charge in [-0.3, -0.25) is 9.59 Å². The summed E-state index contributed by atoms with van der Waals surface area (Å²) in [5, 5.41) is 2.85. The van der Waals surface area contributed by atoms with Crippen molar-refractivity contribution in [3.8, 4) is 0 Å². The van der Waals surface area contributed by atoms with Crippen molar-refractivity contribution in [1.29, 1.82) is 0 Å². The number of carbonyl (C=O) groups is 2. The number of nitrogens with two attached hydrogens (primary N) is 1. The topological polar surface area (TPSA) is 101 Å². The molecule has 96 valence electrons. The number of hydrogen-bond donors (Lipinski definition) is 2. The lowest BCUT2D eigenvalue weighted by Gasteiger charge is -2.16. The number of nitrogens with zero attached hydrogens (tertiary/aromatic N) is 3. The van der Waals surface area contributed by atoms with Crippen LogP contribution in [0.1, 0.15) is 16.8 Å². The maximum Gasteiger partial charge on any atom is 0.254 e. The van der Waals surface area contributed by atoms with Crippen LogP contribution in [0.3, 0.4) is 0 Å². The van der Waals surface area contributed by atoms with Crippen LogP contribution in [0.15, 0.2) is 18.7 Å². The third kappa shape index (κ3) is 2.80. The largest absolute Gasteiger partial charge is 0.347 e. The van der Waals surface area contributed by atoms with Crippen LogP contribution >= 0.6 is 0 Å². The van der Waals surface area contributed by atoms with E-state index in [2.05, 4.69) is 15.3 Å². The molecule has 18 heavy (non-hydrogen) atoms. The Labute approximate surface area is 104 Å². The molecule has 1 saturated heterocycles. The van der Waals surface area contributed by atoms with Gasteiger partial charge >= 0.3 is 0 Å². The quantitative estimate of drug-likeness (QED) is 0.698. The van der Waals surface area contributed by atoms with E-state index in [0.29, 0.717) is 18.7 Å². The molecule has 1 unspecified atom stereocenters. The van der Waals surface area contributed by atoms with Crippen LogP contribution in [-0.2, 0) is 4.79 Å². The van der Waals surface area contributed by atoms with Crippen molar-refractivity contribution in [2.24, 2.45) is 5.73 Å². The molecule has 0 aliphatic carbocycles. The normalized spacial score (nSPS) is 18.7. The van der Waals surface area contributed by atoms with Crippen LogP contribution in [0.4, 0.5) is 0 Å². The molecule has 0 bridgehead atoms. The van der Waals surface area contributed by atoms with Gasteiger partial charge < -0.3 is 16.0 Å². The third-order valence-corrected chi connectivity index (χ3v) is 2.87. The van der Waals surface area contributed by atoms with Crippen molar-refractivity contribution >= 4 is 11.8 Å². The lowest BCUT2D eigenvalue weighted by atomic mass is 10.2. The molecule has 2 heterocycles. The molecule has 0 saturated carbocycles. The van der Waals surface area contributed by atoms with Gasteiger partial charge in [-0.2, -0.15) is 0 Å². The Kier molecular flexibility index (Phi) is 3.83. The average molecular weight is 249 g/mol. The molecule has 1 aliphatic heterocycles. The first-order valence-corrected chi connectivity index (χ1v) is 5.74. The number of amides is 2. The number of likely N-dealkylation sites (tertiary alicyclic amines) is 1. The highest BCUT2D eigenvalue weighted by atomic mass is 16.2. The summed E-state index contributed by atoms with van der Waals surface area (Å²) in [5.41, 5.74) is 5.71. The van der Waals surface area contributed by atoms with Gasteiger partial charge in [-0.15, -0.1) is 0 Å². The van der Waals surface area contributed by atoms with Gasteiger partial charge in [0.15, 0.2) is 0 Å². The van der Waals surface area contributed by atoms with Crippen molar-refractivity contribution in [3.05, 3.63) is 24.3 Å². The molecule has 1 aliphatic rings. The summed E-state index contributed by atoms with van der Waals surface area (Å²) >= 11 is 0. The fraction of sp³-hybridized carbons (Fsp3) is 0.455. The maximum absolute atomic E-state index is 11.8. The lowest BCUT2D eigenvalue weighted by molar-refractivity contribution is -0.128. The Morgan fingerprint density at radius 3 is 2.83 bits per heavy atom. The minimum absolute atomic E-state index is 0.00713. The zero-order valence-corrected chi connectivity index (χ0v) is 9.87. The molecule has 1 fully saturated rings. The molecule has 3 N–H and O–H groups in total. The molecular weight excluding hydrogens is 234 g/mol. The third-order valence-electron chi connectivity index (χ3n) is 2.87. The van der Waals surface area contributed by atoms with E-state index >= 15 is 0 Å². The van der Waals surface area contributed by atoms with Crippen LogP contribution in [0.25, 0.3) is 0 Å². The van der Waals surface area contributed by atoms with Crippen molar-refractivity contribution in [3.63, 3.8) is 0 Å². The van der Waals surface area contributed by atoms with E-state index in [9.17, 15) is 9.59 Å². The Balaban J connectivity index is 1.89. The molecule has 2 amide bonds. The van der Waals surface area contributed by atoms with Crippen molar-refractivity contribution in [2.75, 3.05) is 19.6 Å². The maximum atomic E-state index is 11.8. The van der Waals surface area contributed by atoms with Crippen LogP contribution in [0, 0.1) is 0 Å². The van der Waals surface area contributed by atoms with Crippen LogP contribution in [0.2, 0.25) is 0 Å². The molecule has 1 aromatic rings. The second-order valence-electron chi connectivity index (χ2n) is 4.13. The second-order valence-corrected chi connectivity index (χ2v) is 4.13. The van der Waals surface area contributed by atoms with Gasteiger partial charge in [0.1, 0.15) is 6.33 Å². The summed E-state index contributed by atoms with van der Waals surface area (Å²) in [4.78, 5) is 32.4. The Hall–Kier alpha value is -2.02. The van der Waals surface area contributed by atoms with Gasteiger partial charge in [0.2, 0.25) is 5.91 Å². The van der Waals surface area contributed by atoms with E-state index in [1.165, 1.54) is 18.7 Å². The summed E-state index contributed by atoms with van der Waals surface area (Å²) < 4.78 is 0. The predicted molar refractivity (Wildman–Crippen MR) is 63.5 cm³/mol. The lowest BCUT2D eigenvalue weighted by Crippen LogP contribution is -2.40. The molecule has 7 nitrogen and oxygen atoms in total. The molecule has 7 heteroatoms. The van der Waals surface area contributed by atoms with Crippen LogP contribution in [0.5, 0.6) is 0 Å². The van der Waals surface area contributed by atoms with E-state index < -0.39 is 0 Å². The molecule has 0 spiro atoms. The second kappa shape index (κ2) is 5.54. The minimum Gasteiger partial charge on any atom is -0.347 e. The number of rotatable bonds is 3. The first-order chi connectivity index (χ1) is 8.70. The van der Waals surface area contributed by atoms with E-state index in [1.54, 1.807) is 4.90 Å². The van der Waals surface area contributed by atoms with E-state index in [-0.39, 0.29) is 24.4 Å². The van der Waals surface area contributed by atoms with Gasteiger partial charge in [-0.1, -0.05) is 0 Å². The van der Waals surface area contributed by atoms with Gasteiger partial charge in [0, 0.05) is 31.5 Å². The van der Waals surface area contributed by atoms with Crippen molar-refractivity contribution < 1.29 is 9.59 Å². The molecule has 0 radical (unpaired) electrons. The molecule has 1 aromatic heterocycles. The molecule has 1 atom stereocenters. The van der Waals surface area contributed by atoms with Gasteiger partial charge in [0.25, 0.3) is 5.91 Å². The van der Waals surface area contributed by atoms with Gasteiger partial charge in [-0.05, 0) is 6.42 Å². The fourth-order valence-corrected chi connectivity index (χ4v) is 1.92. The van der Waals surface area contributed by atoms with Crippen LogP contribution in [-0.4, -0.2) is 52.4 Å². The minimum atomic E-state index is -0.220. The number of nitrogens with one attached hydrogen (secondary N) is 1. The molecule has 2 rings (SSSR count). The zero-order valence-electron chi connectivity index (χ0n) is 9.87. The number of carbonyl (C=O) groups excluding carboxylic acids is 2. The monoisotopic (exact) mass is 249 g/mol. The Bertz CT molecular complexity index is 436. The van der Waals surface area contributed by atoms with Gasteiger partial charge in [0.05, 0.1) is 12.1 Å². The Morgan fingerprint density at radius 2 is 2.17 bits per heavy atom. The van der Waals surface area contributed by atoms with E-state index in [0.717, 1.165) is 6.42 Å². The highest BCUT2D eigenvalue weighted by Gasteiger charge is 2.26. The Morgan fingerprint density at radius 1 is 1.44 bits per heavy atom. The highest BCUT2D eigenvalue weighted by Crippen LogP contribution is 2.09. The molecular formula is C11H15N5O2. The average Bonchev–Trinajstić information content (AvgIpc) is 2.87. The first kappa shape index (κ1) is 12.4. The standard InChI is InChI=1S/C11H15N5O2/c12-3-10(17)16-2-1-9(6-16)15-11(18)8-4-13-7-14-5-8/h4-5,7,9H,1-3,6,12H2,(H,15,18). The summed E-state index contributed by atoms with van der Waals surface area (Å²) in [7, 11) is 0. The number of aromatic nitrogens is 2. The summed E-state index contributed by atoms with van der Waals surface area (Å²) in [6, 6.07) is -0.0341. The summed E-state index contributed by atoms with van der Waals surface area (Å²) in [6.45, 7) is 1.15. The summed E-state index contributed by atoms with van der Waals surface area (Å²) in [5.74, 6) is -0.308. The van der Waals surface area contributed by atoms with Crippen molar-refractivity contribution in [1.82, 2.24) is 20.2 Å². The highest BCUT2D eigenvalue weighted by molar-refractivity contribution is 5.93. The van der Waals surface area contributed by atoms with Crippen LogP contribution < -0.4 is 11.1 Å². The van der Waals surface area contributed by atoms with Crippen molar-refractivity contribution in [2.45, 2.75) is 12.5 Å². The fourth-order valence-electron chi connectivity index (χ4n) is 1.92. The van der Waals surface area contributed by atoms with E-state index in [4.69, 9.17) is 5.73 Å².